The summed E-state index contributed by atoms with van der Waals surface area (Å²) in [5.41, 5.74) is 6.24. The van der Waals surface area contributed by atoms with E-state index in [0.29, 0.717) is 11.4 Å². The molecule has 2 N–H and O–H groups in total. The van der Waals surface area contributed by atoms with Crippen LogP contribution in [0.3, 0.4) is 0 Å². The summed E-state index contributed by atoms with van der Waals surface area (Å²) in [6, 6.07) is 4.56. The fourth-order valence-corrected chi connectivity index (χ4v) is 4.59. The average Bonchev–Trinajstić information content (AvgIpc) is 3.01. The van der Waals surface area contributed by atoms with Crippen molar-refractivity contribution in [1.29, 1.82) is 0 Å². The van der Waals surface area contributed by atoms with Crippen LogP contribution in [0.25, 0.3) is 0 Å². The number of hydrogen-bond donors (Lipinski definition) is 1. The Morgan fingerprint density at radius 2 is 2.53 bits per heavy atom. The van der Waals surface area contributed by atoms with Crippen LogP contribution in [0, 0.1) is 0 Å². The van der Waals surface area contributed by atoms with Crippen LogP contribution in [0.5, 0.6) is 0 Å². The molecular formula is C13H21NOS2. The Bertz CT molecular complexity index is 309. The maximum atomic E-state index is 6.24. The van der Waals surface area contributed by atoms with Gasteiger partial charge in [0.05, 0.1) is 11.4 Å². The Kier molecular flexibility index (Phi) is 5.35. The SMILES string of the molecule is CCC(N)C(SCC1CCCO1)c1cccs1. The van der Waals surface area contributed by atoms with Crippen LogP contribution in [0.2, 0.25) is 0 Å². The maximum Gasteiger partial charge on any atom is 0.0666 e. The molecule has 2 nitrogen and oxygen atoms in total. The first-order valence-corrected chi connectivity index (χ1v) is 8.26. The largest absolute Gasteiger partial charge is 0.377 e. The van der Waals surface area contributed by atoms with Crippen molar-refractivity contribution in [2.45, 2.75) is 43.6 Å². The first kappa shape index (κ1) is 13.4. The van der Waals surface area contributed by atoms with Gasteiger partial charge in [0.15, 0.2) is 0 Å². The zero-order valence-corrected chi connectivity index (χ0v) is 11.9. The highest BCUT2D eigenvalue weighted by molar-refractivity contribution is 7.99. The zero-order valence-electron chi connectivity index (χ0n) is 10.3. The van der Waals surface area contributed by atoms with Gasteiger partial charge in [0.25, 0.3) is 0 Å². The highest BCUT2D eigenvalue weighted by Gasteiger charge is 2.23. The van der Waals surface area contributed by atoms with Gasteiger partial charge in [-0.15, -0.1) is 23.1 Å². The molecule has 96 valence electrons. The number of ether oxygens (including phenoxy) is 1. The van der Waals surface area contributed by atoms with Crippen molar-refractivity contribution in [1.82, 2.24) is 0 Å². The van der Waals surface area contributed by atoms with Crippen LogP contribution in [0.1, 0.15) is 36.3 Å². The van der Waals surface area contributed by atoms with Crippen molar-refractivity contribution < 1.29 is 4.74 Å². The Morgan fingerprint density at radius 3 is 3.12 bits per heavy atom. The minimum atomic E-state index is 0.250. The number of hydrogen-bond acceptors (Lipinski definition) is 4. The first-order chi connectivity index (χ1) is 8.31. The number of thioether (sulfide) groups is 1. The molecule has 0 aromatic carbocycles. The van der Waals surface area contributed by atoms with E-state index < -0.39 is 0 Å². The first-order valence-electron chi connectivity index (χ1n) is 6.33. The molecule has 1 aromatic heterocycles. The van der Waals surface area contributed by atoms with E-state index in [-0.39, 0.29) is 6.04 Å². The van der Waals surface area contributed by atoms with E-state index in [4.69, 9.17) is 10.5 Å². The van der Waals surface area contributed by atoms with Crippen molar-refractivity contribution in [2.75, 3.05) is 12.4 Å². The minimum Gasteiger partial charge on any atom is -0.377 e. The lowest BCUT2D eigenvalue weighted by atomic mass is 10.1. The zero-order chi connectivity index (χ0) is 12.1. The van der Waals surface area contributed by atoms with Gasteiger partial charge < -0.3 is 10.5 Å². The molecule has 0 radical (unpaired) electrons. The molecule has 0 bridgehead atoms. The molecule has 3 unspecified atom stereocenters. The molecular weight excluding hydrogens is 250 g/mol. The quantitative estimate of drug-likeness (QED) is 0.861. The summed E-state index contributed by atoms with van der Waals surface area (Å²) in [7, 11) is 0. The highest BCUT2D eigenvalue weighted by atomic mass is 32.2. The smallest absolute Gasteiger partial charge is 0.0666 e. The van der Waals surface area contributed by atoms with E-state index in [1.54, 1.807) is 0 Å². The van der Waals surface area contributed by atoms with Crippen molar-refractivity contribution >= 4 is 23.1 Å². The van der Waals surface area contributed by atoms with Gasteiger partial charge in [0.2, 0.25) is 0 Å². The molecule has 0 saturated carbocycles. The Morgan fingerprint density at radius 1 is 1.65 bits per heavy atom. The second-order valence-corrected chi connectivity index (χ2v) is 6.63. The van der Waals surface area contributed by atoms with E-state index in [0.717, 1.165) is 18.8 Å². The molecule has 0 amide bonds. The number of thiophene rings is 1. The molecule has 2 heterocycles. The van der Waals surface area contributed by atoms with Crippen LogP contribution in [0.4, 0.5) is 0 Å². The predicted octanol–water partition coefficient (Wildman–Crippen LogP) is 3.44. The van der Waals surface area contributed by atoms with Gasteiger partial charge in [0, 0.05) is 23.3 Å². The standard InChI is InChI=1S/C13H21NOS2/c1-2-11(14)13(12-6-4-8-16-12)17-9-10-5-3-7-15-10/h4,6,8,10-11,13H,2-3,5,7,9,14H2,1H3. The van der Waals surface area contributed by atoms with Crippen LogP contribution in [-0.2, 0) is 4.74 Å². The van der Waals surface area contributed by atoms with E-state index >= 15 is 0 Å². The van der Waals surface area contributed by atoms with Crippen LogP contribution >= 0.6 is 23.1 Å². The Balaban J connectivity index is 1.91. The van der Waals surface area contributed by atoms with Crippen LogP contribution in [0.15, 0.2) is 17.5 Å². The normalized spacial score (nSPS) is 23.8. The van der Waals surface area contributed by atoms with Gasteiger partial charge in [0.1, 0.15) is 0 Å². The van der Waals surface area contributed by atoms with Gasteiger partial charge in [-0.3, -0.25) is 0 Å². The van der Waals surface area contributed by atoms with Gasteiger partial charge in [-0.05, 0) is 30.7 Å². The maximum absolute atomic E-state index is 6.24. The van der Waals surface area contributed by atoms with Crippen molar-refractivity contribution in [3.63, 3.8) is 0 Å². The fraction of sp³-hybridized carbons (Fsp3) is 0.692. The topological polar surface area (TPSA) is 35.2 Å². The van der Waals surface area contributed by atoms with E-state index in [9.17, 15) is 0 Å². The highest BCUT2D eigenvalue weighted by Crippen LogP contribution is 2.36. The number of nitrogens with two attached hydrogens (primary N) is 1. The van der Waals surface area contributed by atoms with Gasteiger partial charge >= 0.3 is 0 Å². The molecule has 0 spiro atoms. The molecule has 1 aliphatic heterocycles. The third-order valence-electron chi connectivity index (χ3n) is 3.17. The van der Waals surface area contributed by atoms with E-state index in [2.05, 4.69) is 24.4 Å². The summed E-state index contributed by atoms with van der Waals surface area (Å²) in [6.07, 6.45) is 3.91. The molecule has 3 atom stereocenters. The lowest BCUT2D eigenvalue weighted by molar-refractivity contribution is 0.128. The molecule has 1 aliphatic rings. The molecule has 17 heavy (non-hydrogen) atoms. The molecule has 4 heteroatoms. The molecule has 0 aliphatic carbocycles. The molecule has 1 fully saturated rings. The van der Waals surface area contributed by atoms with Crippen molar-refractivity contribution in [2.24, 2.45) is 5.73 Å². The average molecular weight is 271 g/mol. The van der Waals surface area contributed by atoms with Gasteiger partial charge in [-0.1, -0.05) is 13.0 Å². The lowest BCUT2D eigenvalue weighted by Crippen LogP contribution is -2.26. The van der Waals surface area contributed by atoms with Crippen molar-refractivity contribution in [3.05, 3.63) is 22.4 Å². The summed E-state index contributed by atoms with van der Waals surface area (Å²) >= 11 is 3.79. The monoisotopic (exact) mass is 271 g/mol. The third-order valence-corrected chi connectivity index (χ3v) is 5.80. The Hall–Kier alpha value is -0.0300. The summed E-state index contributed by atoms with van der Waals surface area (Å²) < 4.78 is 5.68. The fourth-order valence-electron chi connectivity index (χ4n) is 2.07. The minimum absolute atomic E-state index is 0.250. The van der Waals surface area contributed by atoms with Gasteiger partial charge in [-0.25, -0.2) is 0 Å². The number of rotatable bonds is 6. The lowest BCUT2D eigenvalue weighted by Gasteiger charge is -2.22. The van der Waals surface area contributed by atoms with E-state index in [1.807, 2.05) is 23.1 Å². The third kappa shape index (κ3) is 3.71. The van der Waals surface area contributed by atoms with Gasteiger partial charge in [-0.2, -0.15) is 0 Å². The molecule has 1 saturated heterocycles. The second kappa shape index (κ2) is 6.78. The second-order valence-electron chi connectivity index (χ2n) is 4.48. The van der Waals surface area contributed by atoms with E-state index in [1.165, 1.54) is 17.7 Å². The molecule has 1 aromatic rings. The Labute approximate surface area is 112 Å². The summed E-state index contributed by atoms with van der Waals surface area (Å²) in [5.74, 6) is 1.08. The predicted molar refractivity (Wildman–Crippen MR) is 76.8 cm³/mol. The summed E-state index contributed by atoms with van der Waals surface area (Å²) in [6.45, 7) is 3.10. The summed E-state index contributed by atoms with van der Waals surface area (Å²) in [4.78, 5) is 1.40. The summed E-state index contributed by atoms with van der Waals surface area (Å²) in [5, 5.41) is 2.57. The molecule has 2 rings (SSSR count). The van der Waals surface area contributed by atoms with Crippen molar-refractivity contribution in [3.8, 4) is 0 Å². The van der Waals surface area contributed by atoms with Crippen LogP contribution < -0.4 is 5.73 Å². The van der Waals surface area contributed by atoms with Crippen LogP contribution in [-0.4, -0.2) is 24.5 Å².